The second kappa shape index (κ2) is 7.66. The first-order chi connectivity index (χ1) is 11.1. The molecule has 0 aliphatic rings. The monoisotopic (exact) mass is 453 g/mol. The van der Waals surface area contributed by atoms with Gasteiger partial charge in [0.2, 0.25) is 0 Å². The minimum atomic E-state index is -1.84. The molecule has 1 atom stereocenters. The summed E-state index contributed by atoms with van der Waals surface area (Å²) in [6.07, 6.45) is 5.10. The van der Waals surface area contributed by atoms with Crippen LogP contribution in [-0.2, 0) is 4.43 Å². The van der Waals surface area contributed by atoms with Crippen LogP contribution in [0.2, 0.25) is 18.1 Å². The van der Waals surface area contributed by atoms with Gasteiger partial charge >= 0.3 is 0 Å². The Morgan fingerprint density at radius 2 is 2.00 bits per heavy atom. The summed E-state index contributed by atoms with van der Waals surface area (Å²) in [5.74, 6) is 0. The van der Waals surface area contributed by atoms with E-state index < -0.39 is 8.32 Å². The minimum absolute atomic E-state index is 0.0852. The van der Waals surface area contributed by atoms with E-state index in [1.165, 1.54) is 14.5 Å². The van der Waals surface area contributed by atoms with Gasteiger partial charge in [0.15, 0.2) is 8.32 Å². The lowest BCUT2D eigenvalue weighted by Crippen LogP contribution is -2.41. The Labute approximate surface area is 161 Å². The highest BCUT2D eigenvalue weighted by Gasteiger charge is 2.39. The van der Waals surface area contributed by atoms with Crippen molar-refractivity contribution in [3.05, 3.63) is 51.7 Å². The smallest absolute Gasteiger partial charge is 0.192 e. The second-order valence-corrected chi connectivity index (χ2v) is 14.3. The predicted octanol–water partition coefficient (Wildman–Crippen LogP) is 7.03. The first kappa shape index (κ1) is 19.6. The zero-order chi connectivity index (χ0) is 18.0. The Bertz CT molecular complexity index is 730. The predicted molar refractivity (Wildman–Crippen MR) is 115 cm³/mol. The molecule has 0 saturated heterocycles. The van der Waals surface area contributed by atoms with Crippen LogP contribution in [0, 0.1) is 0 Å². The summed E-state index contributed by atoms with van der Waals surface area (Å²) in [4.78, 5) is 4.50. The fraction of sp³-hybridized carbons (Fsp3) is 0.450. The number of allylic oxidation sites excluding steroid dienone is 1. The van der Waals surface area contributed by atoms with Crippen LogP contribution in [0.1, 0.15) is 45.8 Å². The lowest BCUT2D eigenvalue weighted by atomic mass is 10.0. The van der Waals surface area contributed by atoms with Gasteiger partial charge in [0.1, 0.15) is 0 Å². The molecule has 0 bridgehead atoms. The Morgan fingerprint density at radius 1 is 1.29 bits per heavy atom. The van der Waals surface area contributed by atoms with E-state index in [1.54, 1.807) is 0 Å². The van der Waals surface area contributed by atoms with E-state index in [-0.39, 0.29) is 11.1 Å². The highest BCUT2D eigenvalue weighted by Crippen LogP contribution is 2.41. The summed E-state index contributed by atoms with van der Waals surface area (Å²) in [5.41, 5.74) is 2.26. The van der Waals surface area contributed by atoms with Gasteiger partial charge in [0, 0.05) is 11.6 Å². The second-order valence-electron chi connectivity index (χ2n) is 7.85. The molecular formula is C20H28INOSi. The van der Waals surface area contributed by atoms with Crippen molar-refractivity contribution in [2.75, 3.05) is 0 Å². The van der Waals surface area contributed by atoms with Crippen LogP contribution in [0.3, 0.4) is 0 Å². The average Bonchev–Trinajstić information content (AvgIpc) is 2.49. The van der Waals surface area contributed by atoms with Crippen LogP contribution in [0.4, 0.5) is 0 Å². The third-order valence-corrected chi connectivity index (χ3v) is 9.78. The van der Waals surface area contributed by atoms with Crippen molar-refractivity contribution in [3.63, 3.8) is 0 Å². The molecule has 0 N–H and O–H groups in total. The fourth-order valence-electron chi connectivity index (χ4n) is 2.34. The van der Waals surface area contributed by atoms with Gasteiger partial charge in [-0.15, -0.1) is 0 Å². The molecule has 1 aromatic carbocycles. The van der Waals surface area contributed by atoms with E-state index in [9.17, 15) is 0 Å². The Balaban J connectivity index is 2.39. The minimum Gasteiger partial charge on any atom is -0.410 e. The number of pyridine rings is 1. The van der Waals surface area contributed by atoms with Crippen LogP contribution in [0.25, 0.3) is 10.9 Å². The average molecular weight is 453 g/mol. The van der Waals surface area contributed by atoms with Crippen molar-refractivity contribution in [1.29, 1.82) is 0 Å². The summed E-state index contributed by atoms with van der Waals surface area (Å²) in [7, 11) is -1.84. The zero-order valence-corrected chi connectivity index (χ0v) is 18.7. The number of hydrogen-bond donors (Lipinski definition) is 0. The van der Waals surface area contributed by atoms with Crippen molar-refractivity contribution >= 4 is 41.8 Å². The van der Waals surface area contributed by atoms with Crippen LogP contribution in [-0.4, -0.2) is 13.3 Å². The van der Waals surface area contributed by atoms with E-state index in [1.807, 2.05) is 12.3 Å². The van der Waals surface area contributed by atoms with Crippen LogP contribution >= 0.6 is 22.6 Å². The molecule has 1 aromatic heterocycles. The van der Waals surface area contributed by atoms with Crippen molar-refractivity contribution in [1.82, 2.24) is 4.98 Å². The molecule has 2 nitrogen and oxygen atoms in total. The molecule has 0 radical (unpaired) electrons. The standard InChI is InChI=1S/C20H28INOSi/c1-15(21)9-12-19(23-24(5,6)20(2,3)4)17-11-10-16-8-7-13-22-18(16)14-17/h7-11,13-14,19H,12H2,1-6H3/b15-9-/t19-/m0/s1. The van der Waals surface area contributed by atoms with E-state index >= 15 is 0 Å². The highest BCUT2D eigenvalue weighted by atomic mass is 127. The summed E-state index contributed by atoms with van der Waals surface area (Å²) in [5, 5.41) is 1.37. The largest absolute Gasteiger partial charge is 0.410 e. The molecular weight excluding hydrogens is 425 g/mol. The first-order valence-corrected chi connectivity index (χ1v) is 12.4. The lowest BCUT2D eigenvalue weighted by Gasteiger charge is -2.39. The van der Waals surface area contributed by atoms with Gasteiger partial charge in [0.25, 0.3) is 0 Å². The molecule has 1 heterocycles. The van der Waals surface area contributed by atoms with Gasteiger partial charge in [-0.2, -0.15) is 0 Å². The van der Waals surface area contributed by atoms with Gasteiger partial charge in [-0.25, -0.2) is 0 Å². The van der Waals surface area contributed by atoms with Gasteiger partial charge in [-0.05, 0) is 75.3 Å². The molecule has 2 aromatic rings. The van der Waals surface area contributed by atoms with Gasteiger partial charge < -0.3 is 4.43 Å². The zero-order valence-electron chi connectivity index (χ0n) is 15.6. The van der Waals surface area contributed by atoms with Crippen LogP contribution < -0.4 is 0 Å². The number of fused-ring (bicyclic) bond motifs is 1. The van der Waals surface area contributed by atoms with Gasteiger partial charge in [-0.1, -0.05) is 45.0 Å². The number of rotatable bonds is 5. The van der Waals surface area contributed by atoms with Crippen molar-refractivity contribution in [3.8, 4) is 0 Å². The molecule has 0 amide bonds. The van der Waals surface area contributed by atoms with Crippen LogP contribution in [0.5, 0.6) is 0 Å². The van der Waals surface area contributed by atoms with E-state index in [0.29, 0.717) is 0 Å². The van der Waals surface area contributed by atoms with Crippen molar-refractivity contribution in [2.45, 2.75) is 58.4 Å². The molecule has 130 valence electrons. The molecule has 0 aliphatic heterocycles. The van der Waals surface area contributed by atoms with Gasteiger partial charge in [-0.3, -0.25) is 4.98 Å². The number of benzene rings is 1. The SMILES string of the molecule is C/C(I)=C/C[C@H](O[Si](C)(C)C(C)(C)C)c1ccc2cccnc2c1. The molecule has 24 heavy (non-hydrogen) atoms. The Kier molecular flexibility index (Phi) is 6.26. The number of aromatic nitrogens is 1. The molecule has 0 aliphatic carbocycles. The maximum absolute atomic E-state index is 6.75. The third kappa shape index (κ3) is 4.89. The first-order valence-electron chi connectivity index (χ1n) is 8.45. The Morgan fingerprint density at radius 3 is 2.62 bits per heavy atom. The summed E-state index contributed by atoms with van der Waals surface area (Å²) < 4.78 is 8.05. The van der Waals surface area contributed by atoms with Crippen molar-refractivity contribution < 1.29 is 4.43 Å². The van der Waals surface area contributed by atoms with Crippen LogP contribution in [0.15, 0.2) is 46.2 Å². The number of halogens is 1. The molecule has 0 saturated carbocycles. The highest BCUT2D eigenvalue weighted by molar-refractivity contribution is 14.1. The van der Waals surface area contributed by atoms with Crippen molar-refractivity contribution in [2.24, 2.45) is 0 Å². The van der Waals surface area contributed by atoms with Gasteiger partial charge in [0.05, 0.1) is 11.6 Å². The molecule has 0 spiro atoms. The maximum atomic E-state index is 6.75. The Hall–Kier alpha value is -0.723. The topological polar surface area (TPSA) is 22.1 Å². The number of hydrogen-bond acceptors (Lipinski definition) is 2. The normalized spacial score (nSPS) is 14.9. The summed E-state index contributed by atoms with van der Waals surface area (Å²) in [6.45, 7) is 13.6. The maximum Gasteiger partial charge on any atom is 0.192 e. The third-order valence-electron chi connectivity index (χ3n) is 4.86. The molecule has 0 fully saturated rings. The number of nitrogens with zero attached hydrogens (tertiary/aromatic N) is 1. The molecule has 4 heteroatoms. The van der Waals surface area contributed by atoms with E-state index in [2.05, 4.69) is 98.7 Å². The molecule has 0 unspecified atom stereocenters. The summed E-state index contributed by atoms with van der Waals surface area (Å²) >= 11 is 2.37. The lowest BCUT2D eigenvalue weighted by molar-refractivity contribution is 0.187. The van der Waals surface area contributed by atoms with E-state index in [4.69, 9.17) is 4.43 Å². The van der Waals surface area contributed by atoms with E-state index in [0.717, 1.165) is 11.9 Å². The summed E-state index contributed by atoms with van der Waals surface area (Å²) in [6, 6.07) is 10.6. The quantitative estimate of drug-likeness (QED) is 0.358. The fourth-order valence-corrected chi connectivity index (χ4v) is 3.89. The molecule has 2 rings (SSSR count).